The van der Waals surface area contributed by atoms with Crippen molar-refractivity contribution in [2.45, 2.75) is 18.6 Å². The summed E-state index contributed by atoms with van der Waals surface area (Å²) in [4.78, 5) is 30.1. The highest BCUT2D eigenvalue weighted by atomic mass is 35.5. The van der Waals surface area contributed by atoms with E-state index >= 15 is 0 Å². The van der Waals surface area contributed by atoms with E-state index in [9.17, 15) is 9.59 Å². The molecule has 19 heavy (non-hydrogen) atoms. The van der Waals surface area contributed by atoms with Crippen LogP contribution in [0.5, 0.6) is 0 Å². The Balaban J connectivity index is 2.81. The average molecular weight is 301 g/mol. The van der Waals surface area contributed by atoms with E-state index in [4.69, 9.17) is 11.6 Å². The van der Waals surface area contributed by atoms with Crippen LogP contribution >= 0.6 is 23.4 Å². The van der Waals surface area contributed by atoms with E-state index in [0.29, 0.717) is 27.9 Å². The zero-order valence-corrected chi connectivity index (χ0v) is 12.3. The highest BCUT2D eigenvalue weighted by molar-refractivity contribution is 7.98. The van der Waals surface area contributed by atoms with Gasteiger partial charge in [0.05, 0.1) is 0 Å². The first-order valence-electron chi connectivity index (χ1n) is 5.51. The standard InChI is InChI=1S/C11H13ClN4O2S/c1-6(12)4-5-16-7-8(13-11(16)19-3)15(2)10(18)14-9(7)17/h4H,5H2,1-3H3,(H,14,17,18)/b6-4-. The maximum atomic E-state index is 12.0. The fourth-order valence-electron chi connectivity index (χ4n) is 1.76. The number of aromatic nitrogens is 4. The van der Waals surface area contributed by atoms with Crippen LogP contribution in [0.3, 0.4) is 0 Å². The molecule has 0 bridgehead atoms. The Morgan fingerprint density at radius 3 is 2.79 bits per heavy atom. The van der Waals surface area contributed by atoms with Crippen LogP contribution < -0.4 is 11.2 Å². The van der Waals surface area contributed by atoms with Gasteiger partial charge in [-0.25, -0.2) is 9.78 Å². The Kier molecular flexibility index (Phi) is 3.86. The highest BCUT2D eigenvalue weighted by Crippen LogP contribution is 2.19. The monoisotopic (exact) mass is 300 g/mol. The molecule has 0 aromatic carbocycles. The molecule has 6 nitrogen and oxygen atoms in total. The molecule has 102 valence electrons. The van der Waals surface area contributed by atoms with Crippen molar-refractivity contribution < 1.29 is 0 Å². The van der Waals surface area contributed by atoms with E-state index in [1.807, 2.05) is 6.26 Å². The van der Waals surface area contributed by atoms with Gasteiger partial charge in [-0.05, 0) is 13.2 Å². The Morgan fingerprint density at radius 2 is 2.21 bits per heavy atom. The van der Waals surface area contributed by atoms with Crippen LogP contribution in [-0.2, 0) is 13.6 Å². The zero-order valence-electron chi connectivity index (χ0n) is 10.7. The number of fused-ring (bicyclic) bond motifs is 1. The van der Waals surface area contributed by atoms with Crippen molar-refractivity contribution in [3.8, 4) is 0 Å². The third kappa shape index (κ3) is 2.48. The third-order valence-electron chi connectivity index (χ3n) is 2.71. The summed E-state index contributed by atoms with van der Waals surface area (Å²) in [7, 11) is 1.57. The van der Waals surface area contributed by atoms with Gasteiger partial charge in [0.2, 0.25) is 0 Å². The normalized spacial score (nSPS) is 12.3. The quantitative estimate of drug-likeness (QED) is 0.867. The van der Waals surface area contributed by atoms with Crippen molar-refractivity contribution in [2.24, 2.45) is 7.05 Å². The topological polar surface area (TPSA) is 72.7 Å². The van der Waals surface area contributed by atoms with Crippen molar-refractivity contribution >= 4 is 34.5 Å². The SMILES string of the molecule is CSc1nc2c(c(=O)[nH]c(=O)n2C)n1C/C=C(/C)Cl. The Bertz CT molecular complexity index is 767. The number of thioether (sulfide) groups is 1. The molecule has 0 saturated carbocycles. The molecular formula is C11H13ClN4O2S. The lowest BCUT2D eigenvalue weighted by Crippen LogP contribution is -2.29. The minimum absolute atomic E-state index is 0.374. The lowest BCUT2D eigenvalue weighted by molar-refractivity contribution is 0.744. The molecule has 0 saturated heterocycles. The molecule has 1 N–H and O–H groups in total. The van der Waals surface area contributed by atoms with Crippen molar-refractivity contribution in [3.05, 3.63) is 31.9 Å². The molecule has 8 heteroatoms. The van der Waals surface area contributed by atoms with Crippen molar-refractivity contribution in [1.82, 2.24) is 19.1 Å². The molecule has 0 fully saturated rings. The Morgan fingerprint density at radius 1 is 1.53 bits per heavy atom. The number of halogens is 1. The van der Waals surface area contributed by atoms with E-state index in [-0.39, 0.29) is 0 Å². The van der Waals surface area contributed by atoms with Crippen LogP contribution in [0.4, 0.5) is 0 Å². The Labute approximate surface area is 118 Å². The molecule has 2 rings (SSSR count). The molecule has 0 aliphatic carbocycles. The summed E-state index contributed by atoms with van der Waals surface area (Å²) in [6, 6.07) is 0. The summed E-state index contributed by atoms with van der Waals surface area (Å²) in [5.41, 5.74) is -0.162. The van der Waals surface area contributed by atoms with E-state index in [0.717, 1.165) is 0 Å². The number of rotatable bonds is 3. The first kappa shape index (κ1) is 14.0. The van der Waals surface area contributed by atoms with Crippen molar-refractivity contribution in [1.29, 1.82) is 0 Å². The van der Waals surface area contributed by atoms with Crippen LogP contribution in [0, 0.1) is 0 Å². The smallest absolute Gasteiger partial charge is 0.309 e. The van der Waals surface area contributed by atoms with Gasteiger partial charge in [-0.15, -0.1) is 0 Å². The van der Waals surface area contributed by atoms with Crippen LogP contribution in [-0.4, -0.2) is 25.4 Å². The third-order valence-corrected chi connectivity index (χ3v) is 3.54. The molecular weight excluding hydrogens is 288 g/mol. The number of allylic oxidation sites excluding steroid dienone is 2. The zero-order chi connectivity index (χ0) is 14.2. The second-order valence-corrected chi connectivity index (χ2v) is 5.36. The second kappa shape index (κ2) is 5.26. The number of hydrogen-bond acceptors (Lipinski definition) is 4. The largest absolute Gasteiger partial charge is 0.329 e. The predicted octanol–water partition coefficient (Wildman–Crippen LogP) is 1.29. The highest BCUT2D eigenvalue weighted by Gasteiger charge is 2.15. The molecule has 0 unspecified atom stereocenters. The van der Waals surface area contributed by atoms with Crippen molar-refractivity contribution in [3.63, 3.8) is 0 Å². The van der Waals surface area contributed by atoms with Crippen molar-refractivity contribution in [2.75, 3.05) is 6.26 Å². The number of hydrogen-bond donors (Lipinski definition) is 1. The van der Waals surface area contributed by atoms with Gasteiger partial charge in [-0.1, -0.05) is 29.4 Å². The lowest BCUT2D eigenvalue weighted by Gasteiger charge is -2.03. The summed E-state index contributed by atoms with van der Waals surface area (Å²) in [5.74, 6) is 0. The molecule has 2 aromatic heterocycles. The average Bonchev–Trinajstić information content (AvgIpc) is 2.72. The van der Waals surface area contributed by atoms with Gasteiger partial charge in [-0.2, -0.15) is 0 Å². The first-order chi connectivity index (χ1) is 8.95. The molecule has 2 aromatic rings. The van der Waals surface area contributed by atoms with Gasteiger partial charge in [0.25, 0.3) is 5.56 Å². The molecule has 0 atom stereocenters. The number of H-pyrrole nitrogens is 1. The molecule has 0 radical (unpaired) electrons. The van der Waals surface area contributed by atoms with E-state index in [2.05, 4.69) is 9.97 Å². The predicted molar refractivity (Wildman–Crippen MR) is 77.0 cm³/mol. The second-order valence-electron chi connectivity index (χ2n) is 3.99. The number of nitrogens with zero attached hydrogens (tertiary/aromatic N) is 3. The number of aryl methyl sites for hydroxylation is 1. The van der Waals surface area contributed by atoms with Crippen LogP contribution in [0.1, 0.15) is 6.92 Å². The number of imidazole rings is 1. The van der Waals surface area contributed by atoms with Gasteiger partial charge in [0.1, 0.15) is 0 Å². The van der Waals surface area contributed by atoms with E-state index in [1.165, 1.54) is 16.3 Å². The number of nitrogens with one attached hydrogen (secondary N) is 1. The Hall–Kier alpha value is -1.47. The van der Waals surface area contributed by atoms with E-state index < -0.39 is 11.2 Å². The summed E-state index contributed by atoms with van der Waals surface area (Å²) in [6.07, 6.45) is 3.65. The molecule has 0 aliphatic heterocycles. The summed E-state index contributed by atoms with van der Waals surface area (Å²) in [5, 5.41) is 1.30. The summed E-state index contributed by atoms with van der Waals surface area (Å²) >= 11 is 7.22. The maximum absolute atomic E-state index is 12.0. The summed E-state index contributed by atoms with van der Waals surface area (Å²) in [6.45, 7) is 2.20. The fourth-order valence-corrected chi connectivity index (χ4v) is 2.39. The van der Waals surface area contributed by atoms with Crippen LogP contribution in [0.15, 0.2) is 25.9 Å². The van der Waals surface area contributed by atoms with Crippen LogP contribution in [0.2, 0.25) is 0 Å². The summed E-state index contributed by atoms with van der Waals surface area (Å²) < 4.78 is 3.06. The molecule has 2 heterocycles. The molecule has 0 amide bonds. The molecule has 0 spiro atoms. The lowest BCUT2D eigenvalue weighted by atomic mass is 10.4. The van der Waals surface area contributed by atoms with Gasteiger partial charge >= 0.3 is 5.69 Å². The molecule has 0 aliphatic rings. The minimum Gasteiger partial charge on any atom is -0.309 e. The van der Waals surface area contributed by atoms with Crippen LogP contribution in [0.25, 0.3) is 11.2 Å². The van der Waals surface area contributed by atoms with Gasteiger partial charge in [-0.3, -0.25) is 14.3 Å². The van der Waals surface area contributed by atoms with E-state index in [1.54, 1.807) is 24.6 Å². The number of aromatic amines is 1. The van der Waals surface area contributed by atoms with Gasteiger partial charge in [0.15, 0.2) is 16.3 Å². The van der Waals surface area contributed by atoms with Gasteiger partial charge < -0.3 is 4.57 Å². The maximum Gasteiger partial charge on any atom is 0.329 e. The minimum atomic E-state index is -0.473. The fraction of sp³-hybridized carbons (Fsp3) is 0.364. The van der Waals surface area contributed by atoms with Gasteiger partial charge in [0, 0.05) is 18.6 Å². The first-order valence-corrected chi connectivity index (χ1v) is 7.11.